The quantitative estimate of drug-likeness (QED) is 0.759. The fourth-order valence-corrected chi connectivity index (χ4v) is 3.35. The Labute approximate surface area is 105 Å². The second kappa shape index (κ2) is 4.33. The summed E-state index contributed by atoms with van der Waals surface area (Å²) in [6, 6.07) is 1.88. The molecule has 1 aliphatic rings. The van der Waals surface area contributed by atoms with E-state index in [-0.39, 0.29) is 23.9 Å². The van der Waals surface area contributed by atoms with Crippen LogP contribution in [0.2, 0.25) is 0 Å². The van der Waals surface area contributed by atoms with Crippen LogP contribution >= 0.6 is 11.8 Å². The highest BCUT2D eigenvalue weighted by Gasteiger charge is 2.45. The summed E-state index contributed by atoms with van der Waals surface area (Å²) in [7, 11) is 0. The Morgan fingerprint density at radius 1 is 1.47 bits per heavy atom. The smallest absolute Gasteiger partial charge is 0.156 e. The van der Waals surface area contributed by atoms with Gasteiger partial charge < -0.3 is 4.42 Å². The van der Waals surface area contributed by atoms with Crippen molar-refractivity contribution in [3.05, 3.63) is 18.1 Å². The van der Waals surface area contributed by atoms with Gasteiger partial charge in [-0.3, -0.25) is 9.59 Å². The molecule has 1 aromatic heterocycles. The van der Waals surface area contributed by atoms with Crippen molar-refractivity contribution in [2.45, 2.75) is 43.3 Å². The first kappa shape index (κ1) is 12.4. The number of Topliss-reactive ketones (excluding diaryl/α,β-unsaturated/α-hetero) is 2. The van der Waals surface area contributed by atoms with Crippen LogP contribution in [-0.4, -0.2) is 16.3 Å². The second-order valence-corrected chi connectivity index (χ2v) is 6.29. The number of ketones is 2. The predicted octanol–water partition coefficient (Wildman–Crippen LogP) is 3.01. The van der Waals surface area contributed by atoms with Gasteiger partial charge in [0.25, 0.3) is 0 Å². The average molecular weight is 252 g/mol. The third kappa shape index (κ3) is 2.18. The normalized spacial score (nSPS) is 29.7. The van der Waals surface area contributed by atoms with Gasteiger partial charge in [-0.25, -0.2) is 0 Å². The summed E-state index contributed by atoms with van der Waals surface area (Å²) >= 11 is 1.52. The molecule has 0 saturated heterocycles. The van der Waals surface area contributed by atoms with Gasteiger partial charge in [0.2, 0.25) is 0 Å². The number of aryl methyl sites for hydroxylation is 1. The van der Waals surface area contributed by atoms with Gasteiger partial charge in [0.05, 0.1) is 17.4 Å². The van der Waals surface area contributed by atoms with Crippen molar-refractivity contribution in [2.24, 2.45) is 5.92 Å². The molecule has 0 spiro atoms. The number of hydrogen-bond donors (Lipinski definition) is 0. The molecule has 2 atom stereocenters. The Hall–Kier alpha value is -1.03. The van der Waals surface area contributed by atoms with Crippen molar-refractivity contribution in [1.29, 1.82) is 0 Å². The molecule has 0 N–H and O–H groups in total. The molecule has 92 valence electrons. The van der Waals surface area contributed by atoms with Crippen molar-refractivity contribution >= 4 is 23.3 Å². The van der Waals surface area contributed by atoms with Gasteiger partial charge in [-0.05, 0) is 25.8 Å². The lowest BCUT2D eigenvalue weighted by Crippen LogP contribution is -2.44. The van der Waals surface area contributed by atoms with Crippen LogP contribution in [0.3, 0.4) is 0 Å². The van der Waals surface area contributed by atoms with Crippen molar-refractivity contribution in [3.63, 3.8) is 0 Å². The van der Waals surface area contributed by atoms with Crippen LogP contribution < -0.4 is 0 Å². The monoisotopic (exact) mass is 252 g/mol. The van der Waals surface area contributed by atoms with Crippen molar-refractivity contribution in [3.8, 4) is 0 Å². The maximum absolute atomic E-state index is 12.1. The van der Waals surface area contributed by atoms with E-state index in [1.807, 2.05) is 26.8 Å². The number of rotatable bonds is 2. The number of thioether (sulfide) groups is 1. The summed E-state index contributed by atoms with van der Waals surface area (Å²) in [5, 5.41) is 0. The van der Waals surface area contributed by atoms with E-state index in [0.717, 1.165) is 10.7 Å². The van der Waals surface area contributed by atoms with E-state index < -0.39 is 4.75 Å². The lowest BCUT2D eigenvalue weighted by Gasteiger charge is -2.36. The third-order valence-electron chi connectivity index (χ3n) is 3.52. The molecule has 1 fully saturated rings. The summed E-state index contributed by atoms with van der Waals surface area (Å²) in [4.78, 5) is 24.5. The van der Waals surface area contributed by atoms with Gasteiger partial charge in [0, 0.05) is 11.3 Å². The molecular weight excluding hydrogens is 236 g/mol. The maximum Gasteiger partial charge on any atom is 0.156 e. The Balaban J connectivity index is 2.26. The predicted molar refractivity (Wildman–Crippen MR) is 66.1 cm³/mol. The van der Waals surface area contributed by atoms with Gasteiger partial charge in [0.1, 0.15) is 11.5 Å². The van der Waals surface area contributed by atoms with Crippen LogP contribution in [0.25, 0.3) is 0 Å². The molecule has 0 radical (unpaired) electrons. The molecule has 0 aliphatic heterocycles. The lowest BCUT2D eigenvalue weighted by atomic mass is 9.79. The molecule has 1 heterocycles. The fourth-order valence-electron chi connectivity index (χ4n) is 2.10. The summed E-state index contributed by atoms with van der Waals surface area (Å²) in [5.41, 5.74) is 0. The van der Waals surface area contributed by atoms with E-state index in [9.17, 15) is 9.59 Å². The van der Waals surface area contributed by atoms with Gasteiger partial charge in [-0.1, -0.05) is 6.92 Å². The van der Waals surface area contributed by atoms with E-state index in [0.29, 0.717) is 6.42 Å². The molecule has 4 heteroatoms. The second-order valence-electron chi connectivity index (χ2n) is 4.79. The van der Waals surface area contributed by atoms with Gasteiger partial charge >= 0.3 is 0 Å². The first-order valence-corrected chi connectivity index (χ1v) is 6.53. The molecule has 0 aromatic carbocycles. The lowest BCUT2D eigenvalue weighted by molar-refractivity contribution is -0.132. The zero-order valence-electron chi connectivity index (χ0n) is 10.3. The van der Waals surface area contributed by atoms with Crippen LogP contribution in [0.4, 0.5) is 0 Å². The van der Waals surface area contributed by atoms with Crippen LogP contribution in [0, 0.1) is 12.8 Å². The van der Waals surface area contributed by atoms with Crippen molar-refractivity contribution < 1.29 is 14.0 Å². The zero-order chi connectivity index (χ0) is 12.6. The minimum absolute atomic E-state index is 0.0341. The van der Waals surface area contributed by atoms with Crippen LogP contribution in [-0.2, 0) is 9.59 Å². The van der Waals surface area contributed by atoms with Crippen molar-refractivity contribution in [1.82, 2.24) is 0 Å². The summed E-state index contributed by atoms with van der Waals surface area (Å²) in [5.74, 6) is 0.986. The van der Waals surface area contributed by atoms with Gasteiger partial charge in [-0.2, -0.15) is 0 Å². The summed E-state index contributed by atoms with van der Waals surface area (Å²) < 4.78 is 4.73. The highest BCUT2D eigenvalue weighted by molar-refractivity contribution is 8.01. The molecule has 1 saturated carbocycles. The van der Waals surface area contributed by atoms with Crippen LogP contribution in [0.15, 0.2) is 21.6 Å². The zero-order valence-corrected chi connectivity index (χ0v) is 11.1. The molecule has 0 amide bonds. The number of carbonyl (C=O) groups is 2. The Morgan fingerprint density at radius 2 is 2.18 bits per heavy atom. The van der Waals surface area contributed by atoms with E-state index >= 15 is 0 Å². The highest BCUT2D eigenvalue weighted by Crippen LogP contribution is 2.45. The van der Waals surface area contributed by atoms with E-state index in [1.54, 1.807) is 6.26 Å². The Bertz CT molecular complexity index is 463. The molecule has 17 heavy (non-hydrogen) atoms. The Morgan fingerprint density at radius 3 is 2.71 bits per heavy atom. The van der Waals surface area contributed by atoms with Crippen LogP contribution in [0.1, 0.15) is 32.4 Å². The van der Waals surface area contributed by atoms with Gasteiger partial charge in [-0.15, -0.1) is 11.8 Å². The molecule has 0 bridgehead atoms. The first-order valence-electron chi connectivity index (χ1n) is 5.71. The first-order chi connectivity index (χ1) is 7.93. The summed E-state index contributed by atoms with van der Waals surface area (Å²) in [6.45, 7) is 5.79. The SMILES string of the molecule is Cc1occc1SC1(C)C(=O)CC(=O)CC1C. The number of hydrogen-bond acceptors (Lipinski definition) is 4. The summed E-state index contributed by atoms with van der Waals surface area (Å²) in [6.07, 6.45) is 2.20. The molecule has 3 nitrogen and oxygen atoms in total. The van der Waals surface area contributed by atoms with E-state index in [2.05, 4.69) is 0 Å². The largest absolute Gasteiger partial charge is 0.468 e. The minimum Gasteiger partial charge on any atom is -0.468 e. The molecule has 2 rings (SSSR count). The standard InChI is InChI=1S/C13H16O3S/c1-8-6-10(14)7-12(15)13(8,3)17-11-4-5-16-9(11)2/h4-5,8H,6-7H2,1-3H3. The van der Waals surface area contributed by atoms with E-state index in [4.69, 9.17) is 4.42 Å². The van der Waals surface area contributed by atoms with Crippen LogP contribution in [0.5, 0.6) is 0 Å². The maximum atomic E-state index is 12.1. The molecular formula is C13H16O3S. The van der Waals surface area contributed by atoms with E-state index in [1.165, 1.54) is 11.8 Å². The van der Waals surface area contributed by atoms with Gasteiger partial charge in [0.15, 0.2) is 5.78 Å². The number of carbonyl (C=O) groups excluding carboxylic acids is 2. The fraction of sp³-hybridized carbons (Fsp3) is 0.538. The third-order valence-corrected chi connectivity index (χ3v) is 5.22. The molecule has 2 unspecified atom stereocenters. The Kier molecular flexibility index (Phi) is 3.17. The average Bonchev–Trinajstić information content (AvgIpc) is 2.61. The topological polar surface area (TPSA) is 47.3 Å². The highest BCUT2D eigenvalue weighted by atomic mass is 32.2. The molecule has 1 aliphatic carbocycles. The minimum atomic E-state index is -0.511. The number of furan rings is 1. The van der Waals surface area contributed by atoms with Crippen molar-refractivity contribution in [2.75, 3.05) is 0 Å². The molecule has 1 aromatic rings.